The Bertz CT molecular complexity index is 569. The average molecular weight is 336 g/mol. The normalized spacial score (nSPS) is 11.8. The molecule has 1 aromatic carbocycles. The molecule has 7 nitrogen and oxygen atoms in total. The summed E-state index contributed by atoms with van der Waals surface area (Å²) >= 11 is 0. The minimum atomic E-state index is -0.908. The van der Waals surface area contributed by atoms with Crippen LogP contribution in [0.25, 0.3) is 0 Å². The molecular formula is C17H24N2O5. The summed E-state index contributed by atoms with van der Waals surface area (Å²) in [4.78, 5) is 33.8. The molecule has 0 saturated heterocycles. The van der Waals surface area contributed by atoms with E-state index in [9.17, 15) is 14.4 Å². The Morgan fingerprint density at radius 2 is 1.83 bits per heavy atom. The van der Waals surface area contributed by atoms with Crippen molar-refractivity contribution in [1.82, 2.24) is 5.32 Å². The molecule has 0 bridgehead atoms. The molecule has 0 fully saturated rings. The van der Waals surface area contributed by atoms with Gasteiger partial charge in [-0.05, 0) is 36.6 Å². The molecular weight excluding hydrogens is 312 g/mol. The third-order valence-corrected chi connectivity index (χ3v) is 3.39. The van der Waals surface area contributed by atoms with Crippen LogP contribution in [0.4, 0.5) is 0 Å². The van der Waals surface area contributed by atoms with Crippen molar-refractivity contribution in [2.24, 2.45) is 17.6 Å². The summed E-state index contributed by atoms with van der Waals surface area (Å²) in [6.07, 6.45) is 0.629. The number of hydrogen-bond acceptors (Lipinski definition) is 4. The lowest BCUT2D eigenvalue weighted by Gasteiger charge is -2.15. The van der Waals surface area contributed by atoms with Gasteiger partial charge in [-0.15, -0.1) is 0 Å². The van der Waals surface area contributed by atoms with Gasteiger partial charge in [-0.25, -0.2) is 0 Å². The fourth-order valence-electron chi connectivity index (χ4n) is 2.14. The molecule has 2 amide bonds. The monoisotopic (exact) mass is 336 g/mol. The number of amides is 2. The van der Waals surface area contributed by atoms with Gasteiger partial charge in [-0.1, -0.05) is 13.8 Å². The number of benzene rings is 1. The van der Waals surface area contributed by atoms with Gasteiger partial charge in [-0.2, -0.15) is 0 Å². The number of aliphatic carboxylic acids is 1. The van der Waals surface area contributed by atoms with Gasteiger partial charge in [0.1, 0.15) is 5.75 Å². The van der Waals surface area contributed by atoms with Crippen molar-refractivity contribution in [3.63, 3.8) is 0 Å². The Kier molecular flexibility index (Phi) is 7.74. The molecule has 0 saturated carbocycles. The second-order valence-electron chi connectivity index (χ2n) is 5.96. The van der Waals surface area contributed by atoms with Crippen LogP contribution in [0.3, 0.4) is 0 Å². The van der Waals surface area contributed by atoms with Crippen LogP contribution in [0, 0.1) is 11.8 Å². The molecule has 132 valence electrons. The van der Waals surface area contributed by atoms with Gasteiger partial charge in [0.15, 0.2) is 0 Å². The molecule has 0 aliphatic heterocycles. The van der Waals surface area contributed by atoms with Crippen molar-refractivity contribution < 1.29 is 24.2 Å². The number of primary amides is 1. The minimum Gasteiger partial charge on any atom is -0.493 e. The zero-order valence-electron chi connectivity index (χ0n) is 14.0. The van der Waals surface area contributed by atoms with Crippen molar-refractivity contribution in [1.29, 1.82) is 0 Å². The van der Waals surface area contributed by atoms with E-state index < -0.39 is 17.8 Å². The maximum Gasteiger partial charge on any atom is 0.308 e. The average Bonchev–Trinajstić information content (AvgIpc) is 2.51. The number of ether oxygens (including phenoxy) is 1. The highest BCUT2D eigenvalue weighted by Crippen LogP contribution is 2.13. The Labute approximate surface area is 141 Å². The number of carbonyl (C=O) groups excluding carboxylic acids is 2. The topological polar surface area (TPSA) is 119 Å². The van der Waals surface area contributed by atoms with E-state index in [-0.39, 0.29) is 31.4 Å². The van der Waals surface area contributed by atoms with Gasteiger partial charge < -0.3 is 20.9 Å². The highest BCUT2D eigenvalue weighted by Gasteiger charge is 2.19. The third kappa shape index (κ3) is 7.13. The number of carboxylic acid groups (broad SMARTS) is 1. The van der Waals surface area contributed by atoms with Crippen LogP contribution in [0.1, 0.15) is 37.0 Å². The standard InChI is InChI=1S/C17H24N2O5/c1-11(2)9-13(17(22)23)10-19-15(20)7-8-24-14-5-3-12(4-6-14)16(18)21/h3-6,11,13H,7-10H2,1-2H3,(H2,18,21)(H,19,20)(H,22,23). The van der Waals surface area contributed by atoms with E-state index >= 15 is 0 Å². The summed E-state index contributed by atoms with van der Waals surface area (Å²) in [5.41, 5.74) is 5.52. The number of hydrogen-bond donors (Lipinski definition) is 3. The lowest BCUT2D eigenvalue weighted by atomic mass is 9.97. The predicted molar refractivity (Wildman–Crippen MR) is 88.7 cm³/mol. The van der Waals surface area contributed by atoms with E-state index in [1.165, 1.54) is 0 Å². The lowest BCUT2D eigenvalue weighted by molar-refractivity contribution is -0.142. The first-order valence-corrected chi connectivity index (χ1v) is 7.81. The molecule has 1 unspecified atom stereocenters. The fourth-order valence-corrected chi connectivity index (χ4v) is 2.14. The lowest BCUT2D eigenvalue weighted by Crippen LogP contribution is -2.34. The Balaban J connectivity index is 2.33. The van der Waals surface area contributed by atoms with Crippen LogP contribution < -0.4 is 15.8 Å². The van der Waals surface area contributed by atoms with Gasteiger partial charge in [0.05, 0.1) is 18.9 Å². The first kappa shape index (κ1) is 19.5. The van der Waals surface area contributed by atoms with E-state index in [0.717, 1.165) is 0 Å². The zero-order chi connectivity index (χ0) is 18.1. The molecule has 1 atom stereocenters. The van der Waals surface area contributed by atoms with Crippen LogP contribution >= 0.6 is 0 Å². The fraction of sp³-hybridized carbons (Fsp3) is 0.471. The first-order chi connectivity index (χ1) is 11.3. The molecule has 0 spiro atoms. The first-order valence-electron chi connectivity index (χ1n) is 7.81. The molecule has 0 radical (unpaired) electrons. The van der Waals surface area contributed by atoms with Crippen molar-refractivity contribution in [3.05, 3.63) is 29.8 Å². The molecule has 4 N–H and O–H groups in total. The van der Waals surface area contributed by atoms with E-state index in [4.69, 9.17) is 15.6 Å². The molecule has 0 aromatic heterocycles. The number of carboxylic acids is 1. The van der Waals surface area contributed by atoms with E-state index in [2.05, 4.69) is 5.32 Å². The van der Waals surface area contributed by atoms with E-state index in [0.29, 0.717) is 17.7 Å². The van der Waals surface area contributed by atoms with Gasteiger partial charge in [0.25, 0.3) is 0 Å². The molecule has 24 heavy (non-hydrogen) atoms. The van der Waals surface area contributed by atoms with Gasteiger partial charge >= 0.3 is 5.97 Å². The Hall–Kier alpha value is -2.57. The van der Waals surface area contributed by atoms with Gasteiger partial charge in [0, 0.05) is 12.1 Å². The summed E-state index contributed by atoms with van der Waals surface area (Å²) in [6, 6.07) is 6.28. The summed E-state index contributed by atoms with van der Waals surface area (Å²) in [5.74, 6) is -1.51. The zero-order valence-corrected chi connectivity index (χ0v) is 14.0. The minimum absolute atomic E-state index is 0.111. The van der Waals surface area contributed by atoms with Gasteiger partial charge in [0.2, 0.25) is 11.8 Å². The highest BCUT2D eigenvalue weighted by atomic mass is 16.5. The highest BCUT2D eigenvalue weighted by molar-refractivity contribution is 5.92. The van der Waals surface area contributed by atoms with Gasteiger partial charge in [-0.3, -0.25) is 14.4 Å². The maximum atomic E-state index is 11.7. The van der Waals surface area contributed by atoms with Crippen LogP contribution in [0.15, 0.2) is 24.3 Å². The number of nitrogens with one attached hydrogen (secondary N) is 1. The second-order valence-corrected chi connectivity index (χ2v) is 5.96. The third-order valence-electron chi connectivity index (χ3n) is 3.39. The molecule has 0 aliphatic rings. The molecule has 1 aromatic rings. The van der Waals surface area contributed by atoms with Crippen LogP contribution in [0.5, 0.6) is 5.75 Å². The van der Waals surface area contributed by atoms with Crippen LogP contribution in [-0.4, -0.2) is 36.0 Å². The summed E-state index contributed by atoms with van der Waals surface area (Å²) in [7, 11) is 0. The predicted octanol–water partition coefficient (Wildman–Crippen LogP) is 1.42. The van der Waals surface area contributed by atoms with E-state index in [1.54, 1.807) is 24.3 Å². The number of carbonyl (C=O) groups is 3. The molecule has 0 heterocycles. The maximum absolute atomic E-state index is 11.7. The summed E-state index contributed by atoms with van der Waals surface area (Å²) in [6.45, 7) is 4.15. The number of rotatable bonds is 10. The molecule has 1 rings (SSSR count). The Morgan fingerprint density at radius 1 is 1.21 bits per heavy atom. The van der Waals surface area contributed by atoms with Crippen LogP contribution in [0.2, 0.25) is 0 Å². The van der Waals surface area contributed by atoms with Crippen molar-refractivity contribution >= 4 is 17.8 Å². The van der Waals surface area contributed by atoms with Crippen LogP contribution in [-0.2, 0) is 9.59 Å². The smallest absolute Gasteiger partial charge is 0.308 e. The number of nitrogens with two attached hydrogens (primary N) is 1. The van der Waals surface area contributed by atoms with Crippen molar-refractivity contribution in [3.8, 4) is 5.75 Å². The van der Waals surface area contributed by atoms with Crippen molar-refractivity contribution in [2.45, 2.75) is 26.7 Å². The molecule has 0 aliphatic carbocycles. The Morgan fingerprint density at radius 3 is 2.33 bits per heavy atom. The SMILES string of the molecule is CC(C)CC(CNC(=O)CCOc1ccc(C(N)=O)cc1)C(=O)O. The summed E-state index contributed by atoms with van der Waals surface area (Å²) in [5, 5.41) is 11.7. The second kappa shape index (κ2) is 9.54. The van der Waals surface area contributed by atoms with E-state index in [1.807, 2.05) is 13.8 Å². The quantitative estimate of drug-likeness (QED) is 0.597. The summed E-state index contributed by atoms with van der Waals surface area (Å²) < 4.78 is 5.40. The molecule has 7 heteroatoms. The van der Waals surface area contributed by atoms with Crippen molar-refractivity contribution in [2.75, 3.05) is 13.2 Å². The largest absolute Gasteiger partial charge is 0.493 e.